The molecule has 3 N–H and O–H groups in total. The average molecular weight is 426 g/mol. The first-order chi connectivity index (χ1) is 14.9. The van der Waals surface area contributed by atoms with Gasteiger partial charge in [0.15, 0.2) is 0 Å². The van der Waals surface area contributed by atoms with Gasteiger partial charge in [0.1, 0.15) is 13.2 Å². The number of alkyl carbamates (subject to hydrolysis) is 1. The number of rotatable bonds is 8. The fraction of sp³-hybridized carbons (Fsp3) is 0.273. The van der Waals surface area contributed by atoms with Gasteiger partial charge in [0, 0.05) is 5.92 Å². The minimum Gasteiger partial charge on any atom is -0.480 e. The quantitative estimate of drug-likeness (QED) is 0.432. The van der Waals surface area contributed by atoms with E-state index in [1.807, 2.05) is 53.8 Å². The van der Waals surface area contributed by atoms with E-state index in [0.717, 1.165) is 22.3 Å². The van der Waals surface area contributed by atoms with E-state index in [4.69, 9.17) is 14.6 Å². The Morgan fingerprint density at radius 2 is 1.55 bits per heavy atom. The van der Waals surface area contributed by atoms with Gasteiger partial charge >= 0.3 is 18.0 Å². The van der Waals surface area contributed by atoms with Crippen molar-refractivity contribution >= 4 is 23.9 Å². The fourth-order valence-electron chi connectivity index (χ4n) is 3.48. The zero-order valence-electron chi connectivity index (χ0n) is 16.8. The third-order valence-corrected chi connectivity index (χ3v) is 4.80. The molecule has 2 aromatic carbocycles. The van der Waals surface area contributed by atoms with Gasteiger partial charge in [-0.1, -0.05) is 48.5 Å². The highest BCUT2D eigenvalue weighted by atomic mass is 16.6. The lowest BCUT2D eigenvalue weighted by Crippen LogP contribution is -2.53. The van der Waals surface area contributed by atoms with Crippen molar-refractivity contribution in [3.05, 3.63) is 59.7 Å². The maximum Gasteiger partial charge on any atom is 0.408 e. The zero-order valence-corrected chi connectivity index (χ0v) is 16.8. The molecule has 9 nitrogen and oxygen atoms in total. The number of fused-ring (bicyclic) bond motifs is 3. The van der Waals surface area contributed by atoms with Gasteiger partial charge in [-0.15, -0.1) is 0 Å². The standard InChI is InChI=1S/C22H22N2O7/c1-2-30-21(28)19(20(27)23-11-18(25)26)24-22(29)31-12-17-15-9-5-3-7-13(15)14-8-4-6-10-16(14)17/h3-10,17,19H,2,11-12H2,1H3,(H,23,27)(H,24,29)(H,25,26). The SMILES string of the molecule is CCOC(=O)C(NC(=O)OCC1c2ccccc2-c2ccccc21)C(=O)NCC(=O)O. The van der Waals surface area contributed by atoms with Crippen LogP contribution in [0.5, 0.6) is 0 Å². The monoisotopic (exact) mass is 426 g/mol. The van der Waals surface area contributed by atoms with E-state index in [9.17, 15) is 19.2 Å². The molecule has 1 atom stereocenters. The molecule has 2 amide bonds. The summed E-state index contributed by atoms with van der Waals surface area (Å²) in [7, 11) is 0. The summed E-state index contributed by atoms with van der Waals surface area (Å²) in [5, 5.41) is 12.9. The van der Waals surface area contributed by atoms with Crippen molar-refractivity contribution in [1.29, 1.82) is 0 Å². The minimum absolute atomic E-state index is 0.00779. The molecule has 31 heavy (non-hydrogen) atoms. The second-order valence-corrected chi connectivity index (χ2v) is 6.77. The van der Waals surface area contributed by atoms with Gasteiger partial charge in [0.25, 0.3) is 5.91 Å². The molecule has 162 valence electrons. The van der Waals surface area contributed by atoms with E-state index in [1.165, 1.54) is 6.92 Å². The second kappa shape index (κ2) is 9.75. The Hall–Kier alpha value is -3.88. The first-order valence-corrected chi connectivity index (χ1v) is 9.70. The zero-order chi connectivity index (χ0) is 22.4. The molecule has 0 spiro atoms. The van der Waals surface area contributed by atoms with E-state index in [0.29, 0.717) is 0 Å². The van der Waals surface area contributed by atoms with Gasteiger partial charge in [0.2, 0.25) is 6.04 Å². The van der Waals surface area contributed by atoms with Gasteiger partial charge in [-0.2, -0.15) is 0 Å². The molecule has 9 heteroatoms. The summed E-state index contributed by atoms with van der Waals surface area (Å²) in [4.78, 5) is 47.2. The Labute approximate surface area is 178 Å². The first-order valence-electron chi connectivity index (χ1n) is 9.70. The number of esters is 1. The number of nitrogens with one attached hydrogen (secondary N) is 2. The van der Waals surface area contributed by atoms with Crippen LogP contribution in [0.2, 0.25) is 0 Å². The first kappa shape index (κ1) is 21.8. The summed E-state index contributed by atoms with van der Waals surface area (Å²) >= 11 is 0. The molecule has 0 saturated carbocycles. The van der Waals surface area contributed by atoms with E-state index in [1.54, 1.807) is 0 Å². The molecule has 0 aromatic heterocycles. The van der Waals surface area contributed by atoms with Crippen LogP contribution in [0.3, 0.4) is 0 Å². The van der Waals surface area contributed by atoms with Crippen molar-refractivity contribution in [2.45, 2.75) is 18.9 Å². The lowest BCUT2D eigenvalue weighted by Gasteiger charge is -2.18. The Morgan fingerprint density at radius 1 is 0.968 bits per heavy atom. The molecule has 0 fully saturated rings. The van der Waals surface area contributed by atoms with Crippen LogP contribution in [0.4, 0.5) is 4.79 Å². The molecule has 0 heterocycles. The maximum absolute atomic E-state index is 12.3. The van der Waals surface area contributed by atoms with Gasteiger partial charge in [-0.05, 0) is 29.2 Å². The summed E-state index contributed by atoms with van der Waals surface area (Å²) < 4.78 is 10.1. The van der Waals surface area contributed by atoms with Gasteiger partial charge in [0.05, 0.1) is 6.61 Å². The van der Waals surface area contributed by atoms with Crippen molar-refractivity contribution in [1.82, 2.24) is 10.6 Å². The number of ether oxygens (including phenoxy) is 2. The van der Waals surface area contributed by atoms with Crippen molar-refractivity contribution in [3.63, 3.8) is 0 Å². The van der Waals surface area contributed by atoms with Crippen LogP contribution in [0.25, 0.3) is 11.1 Å². The lowest BCUT2D eigenvalue weighted by molar-refractivity contribution is -0.150. The summed E-state index contributed by atoms with van der Waals surface area (Å²) in [6, 6.07) is 13.9. The third kappa shape index (κ3) is 5.00. The maximum atomic E-state index is 12.3. The summed E-state index contributed by atoms with van der Waals surface area (Å²) in [6.45, 7) is 0.804. The topological polar surface area (TPSA) is 131 Å². The van der Waals surface area contributed by atoms with E-state index in [-0.39, 0.29) is 19.1 Å². The van der Waals surface area contributed by atoms with Gasteiger partial charge in [-0.25, -0.2) is 9.59 Å². The van der Waals surface area contributed by atoms with Crippen LogP contribution in [0.1, 0.15) is 24.0 Å². The van der Waals surface area contributed by atoms with Crippen LogP contribution in [0, 0.1) is 0 Å². The minimum atomic E-state index is -1.73. The Bertz CT molecular complexity index is 959. The molecular weight excluding hydrogens is 404 g/mol. The van der Waals surface area contributed by atoms with Gasteiger partial charge < -0.3 is 19.9 Å². The van der Waals surface area contributed by atoms with E-state index in [2.05, 4.69) is 5.32 Å². The number of hydrogen-bond donors (Lipinski definition) is 3. The van der Waals surface area contributed by atoms with Gasteiger partial charge in [-0.3, -0.25) is 14.9 Å². The molecule has 0 bridgehead atoms. The highest BCUT2D eigenvalue weighted by Crippen LogP contribution is 2.44. The predicted molar refractivity (Wildman–Crippen MR) is 109 cm³/mol. The number of benzene rings is 2. The Kier molecular flexibility index (Phi) is 6.86. The van der Waals surface area contributed by atoms with E-state index >= 15 is 0 Å². The number of hydrogen-bond acceptors (Lipinski definition) is 6. The Morgan fingerprint density at radius 3 is 2.10 bits per heavy atom. The van der Waals surface area contributed by atoms with Crippen LogP contribution >= 0.6 is 0 Å². The average Bonchev–Trinajstić information content (AvgIpc) is 3.08. The van der Waals surface area contributed by atoms with Crippen LogP contribution in [-0.4, -0.2) is 54.8 Å². The molecule has 1 aliphatic rings. The van der Waals surface area contributed by atoms with Crippen LogP contribution < -0.4 is 10.6 Å². The summed E-state index contributed by atoms with van der Waals surface area (Å²) in [5.41, 5.74) is 4.14. The molecule has 2 aromatic rings. The smallest absolute Gasteiger partial charge is 0.408 e. The van der Waals surface area contributed by atoms with Crippen LogP contribution in [-0.2, 0) is 23.9 Å². The van der Waals surface area contributed by atoms with Crippen molar-refractivity contribution in [3.8, 4) is 11.1 Å². The highest BCUT2D eigenvalue weighted by Gasteiger charge is 2.32. The second-order valence-electron chi connectivity index (χ2n) is 6.77. The summed E-state index contributed by atoms with van der Waals surface area (Å²) in [6.07, 6.45) is -0.995. The van der Waals surface area contributed by atoms with Crippen molar-refractivity contribution in [2.75, 3.05) is 19.8 Å². The van der Waals surface area contributed by atoms with E-state index < -0.39 is 36.5 Å². The largest absolute Gasteiger partial charge is 0.480 e. The van der Waals surface area contributed by atoms with Crippen molar-refractivity contribution in [2.24, 2.45) is 0 Å². The number of amides is 2. The molecule has 0 radical (unpaired) electrons. The normalized spacial score (nSPS) is 12.8. The molecule has 1 unspecified atom stereocenters. The van der Waals surface area contributed by atoms with Crippen molar-refractivity contribution < 1.29 is 33.8 Å². The lowest BCUT2D eigenvalue weighted by atomic mass is 9.98. The van der Waals surface area contributed by atoms with Crippen LogP contribution in [0.15, 0.2) is 48.5 Å². The molecule has 3 rings (SSSR count). The molecular formula is C22H22N2O7. The molecule has 0 saturated heterocycles. The number of aliphatic carboxylic acids is 1. The Balaban J connectivity index is 1.68. The number of carboxylic acid groups (broad SMARTS) is 1. The fourth-order valence-corrected chi connectivity index (χ4v) is 3.48. The summed E-state index contributed by atoms with van der Waals surface area (Å²) in [5.74, 6) is -3.51. The number of carboxylic acids is 1. The number of carbonyl (C=O) groups excluding carboxylic acids is 3. The predicted octanol–water partition coefficient (Wildman–Crippen LogP) is 1.66. The highest BCUT2D eigenvalue weighted by molar-refractivity contribution is 6.04. The molecule has 1 aliphatic carbocycles. The number of carbonyl (C=O) groups is 4. The molecule has 0 aliphatic heterocycles. The third-order valence-electron chi connectivity index (χ3n) is 4.80.